The topological polar surface area (TPSA) is 88.3 Å². The third-order valence-electron chi connectivity index (χ3n) is 4.72. The van der Waals surface area contributed by atoms with Gasteiger partial charge in [0.2, 0.25) is 0 Å². The summed E-state index contributed by atoms with van der Waals surface area (Å²) in [4.78, 5) is 31.0. The molecule has 2 aromatic rings. The number of hydrogen-bond acceptors (Lipinski definition) is 5. The Morgan fingerprint density at radius 1 is 1.33 bits per heavy atom. The van der Waals surface area contributed by atoms with Gasteiger partial charge in [-0.05, 0) is 30.9 Å². The maximum atomic E-state index is 13.0. The van der Waals surface area contributed by atoms with E-state index in [2.05, 4.69) is 15.5 Å². The van der Waals surface area contributed by atoms with Gasteiger partial charge < -0.3 is 14.7 Å². The molecule has 0 atom stereocenters. The zero-order chi connectivity index (χ0) is 19.2. The van der Waals surface area contributed by atoms with Crippen molar-refractivity contribution >= 4 is 11.8 Å². The molecule has 0 aromatic carbocycles. The minimum absolute atomic E-state index is 0.0720. The van der Waals surface area contributed by atoms with Crippen molar-refractivity contribution in [3.05, 3.63) is 47.6 Å². The maximum Gasteiger partial charge on any atom is 0.273 e. The normalized spacial score (nSPS) is 14.5. The van der Waals surface area contributed by atoms with Gasteiger partial charge in [-0.2, -0.15) is 0 Å². The lowest BCUT2D eigenvalue weighted by molar-refractivity contribution is 0.0643. The Morgan fingerprint density at radius 3 is 2.78 bits per heavy atom. The molecule has 7 heteroatoms. The van der Waals surface area contributed by atoms with Gasteiger partial charge in [-0.1, -0.05) is 31.8 Å². The van der Waals surface area contributed by atoms with Crippen LogP contribution in [0.5, 0.6) is 0 Å². The minimum Gasteiger partial charge on any atom is -0.359 e. The number of amides is 2. The molecule has 2 aromatic heterocycles. The molecule has 1 fully saturated rings. The van der Waals surface area contributed by atoms with Crippen LogP contribution in [0.25, 0.3) is 0 Å². The van der Waals surface area contributed by atoms with Gasteiger partial charge in [-0.15, -0.1) is 0 Å². The summed E-state index contributed by atoms with van der Waals surface area (Å²) in [6.07, 6.45) is 7.40. The van der Waals surface area contributed by atoms with Crippen molar-refractivity contribution in [3.63, 3.8) is 0 Å². The first-order valence-electron chi connectivity index (χ1n) is 9.49. The van der Waals surface area contributed by atoms with Crippen LogP contribution in [-0.2, 0) is 6.54 Å². The summed E-state index contributed by atoms with van der Waals surface area (Å²) in [6, 6.07) is 5.31. The second-order valence-electron chi connectivity index (χ2n) is 7.40. The van der Waals surface area contributed by atoms with Crippen LogP contribution in [0.3, 0.4) is 0 Å². The summed E-state index contributed by atoms with van der Waals surface area (Å²) in [6.45, 7) is 4.92. The summed E-state index contributed by atoms with van der Waals surface area (Å²) < 4.78 is 5.35. The van der Waals surface area contributed by atoms with Gasteiger partial charge in [0.05, 0.1) is 12.1 Å². The Bertz CT molecular complexity index is 767. The van der Waals surface area contributed by atoms with Crippen LogP contribution in [0.1, 0.15) is 66.1 Å². The molecule has 1 aliphatic rings. The second-order valence-corrected chi connectivity index (χ2v) is 7.40. The molecule has 0 aliphatic heterocycles. The molecular formula is C20H26N4O3. The number of nitrogens with zero attached hydrogens (tertiary/aromatic N) is 3. The standard InChI is InChI=1S/C20H26N4O3/c1-14(2)11-22-19(25)18-10-17(27-23-18)13-24(16-7-3-4-8-16)20(26)15-6-5-9-21-12-15/h5-6,9-10,12,14,16H,3-4,7-8,11,13H2,1-2H3,(H,22,25). The molecule has 2 heterocycles. The lowest BCUT2D eigenvalue weighted by Gasteiger charge is -2.28. The highest BCUT2D eigenvalue weighted by Gasteiger charge is 2.29. The SMILES string of the molecule is CC(C)CNC(=O)c1cc(CN(C(=O)c2cccnc2)C2CCCC2)on1. The number of hydrogen-bond donors (Lipinski definition) is 1. The van der Waals surface area contributed by atoms with Gasteiger partial charge in [0.1, 0.15) is 0 Å². The zero-order valence-electron chi connectivity index (χ0n) is 15.9. The fraction of sp³-hybridized carbons (Fsp3) is 0.500. The van der Waals surface area contributed by atoms with E-state index in [0.717, 1.165) is 25.7 Å². The van der Waals surface area contributed by atoms with Gasteiger partial charge in [0, 0.05) is 31.0 Å². The molecule has 1 N–H and O–H groups in total. The fourth-order valence-electron chi connectivity index (χ4n) is 3.29. The monoisotopic (exact) mass is 370 g/mol. The number of pyridine rings is 1. The molecule has 0 unspecified atom stereocenters. The van der Waals surface area contributed by atoms with Crippen LogP contribution in [0.2, 0.25) is 0 Å². The van der Waals surface area contributed by atoms with Crippen LogP contribution in [-0.4, -0.2) is 39.4 Å². The Morgan fingerprint density at radius 2 is 2.11 bits per heavy atom. The van der Waals surface area contributed by atoms with Crippen molar-refractivity contribution in [2.24, 2.45) is 5.92 Å². The lowest BCUT2D eigenvalue weighted by Crippen LogP contribution is -2.38. The van der Waals surface area contributed by atoms with Crippen LogP contribution < -0.4 is 5.32 Å². The van der Waals surface area contributed by atoms with E-state index < -0.39 is 0 Å². The Labute approximate surface area is 159 Å². The molecule has 0 radical (unpaired) electrons. The number of carbonyl (C=O) groups is 2. The third kappa shape index (κ3) is 4.93. The largest absolute Gasteiger partial charge is 0.359 e. The van der Waals surface area contributed by atoms with Crippen molar-refractivity contribution in [2.45, 2.75) is 52.1 Å². The molecule has 1 aliphatic carbocycles. The molecule has 27 heavy (non-hydrogen) atoms. The second kappa shape index (κ2) is 8.79. The third-order valence-corrected chi connectivity index (χ3v) is 4.72. The van der Waals surface area contributed by atoms with Gasteiger partial charge in [0.15, 0.2) is 11.5 Å². The highest BCUT2D eigenvalue weighted by atomic mass is 16.5. The molecular weight excluding hydrogens is 344 g/mol. The van der Waals surface area contributed by atoms with E-state index in [9.17, 15) is 9.59 Å². The van der Waals surface area contributed by atoms with E-state index in [-0.39, 0.29) is 23.6 Å². The summed E-state index contributed by atoms with van der Waals surface area (Å²) >= 11 is 0. The lowest BCUT2D eigenvalue weighted by atomic mass is 10.1. The van der Waals surface area contributed by atoms with E-state index in [4.69, 9.17) is 4.52 Å². The van der Waals surface area contributed by atoms with Crippen LogP contribution in [0, 0.1) is 5.92 Å². The Kier molecular flexibility index (Phi) is 6.21. The highest BCUT2D eigenvalue weighted by molar-refractivity contribution is 5.94. The van der Waals surface area contributed by atoms with Gasteiger partial charge in [-0.3, -0.25) is 14.6 Å². The predicted molar refractivity (Wildman–Crippen MR) is 100 cm³/mol. The average molecular weight is 370 g/mol. The molecule has 0 spiro atoms. The molecule has 0 saturated heterocycles. The van der Waals surface area contributed by atoms with Crippen molar-refractivity contribution in [3.8, 4) is 0 Å². The quantitative estimate of drug-likeness (QED) is 0.809. The average Bonchev–Trinajstić information content (AvgIpc) is 3.36. The molecule has 0 bridgehead atoms. The molecule has 7 nitrogen and oxygen atoms in total. The van der Waals surface area contributed by atoms with Gasteiger partial charge in [0.25, 0.3) is 11.8 Å². The van der Waals surface area contributed by atoms with Crippen LogP contribution in [0.15, 0.2) is 35.1 Å². The van der Waals surface area contributed by atoms with Gasteiger partial charge in [-0.25, -0.2) is 0 Å². The van der Waals surface area contributed by atoms with Crippen molar-refractivity contribution < 1.29 is 14.1 Å². The van der Waals surface area contributed by atoms with E-state index in [1.54, 1.807) is 30.6 Å². The van der Waals surface area contributed by atoms with E-state index >= 15 is 0 Å². The van der Waals surface area contributed by atoms with Crippen LogP contribution >= 0.6 is 0 Å². The highest BCUT2D eigenvalue weighted by Crippen LogP contribution is 2.26. The van der Waals surface area contributed by atoms with Crippen LogP contribution in [0.4, 0.5) is 0 Å². The summed E-state index contributed by atoms with van der Waals surface area (Å²) in [5.41, 5.74) is 0.796. The first-order valence-corrected chi connectivity index (χ1v) is 9.49. The molecule has 1 saturated carbocycles. The zero-order valence-corrected chi connectivity index (χ0v) is 15.9. The van der Waals surface area contributed by atoms with Crippen molar-refractivity contribution in [2.75, 3.05) is 6.54 Å². The molecule has 2 amide bonds. The van der Waals surface area contributed by atoms with E-state index in [1.165, 1.54) is 0 Å². The van der Waals surface area contributed by atoms with Crippen molar-refractivity contribution in [1.82, 2.24) is 20.4 Å². The number of carbonyl (C=O) groups excluding carboxylic acids is 2. The first kappa shape index (κ1) is 19.1. The van der Waals surface area contributed by atoms with E-state index in [1.807, 2.05) is 18.7 Å². The van der Waals surface area contributed by atoms with Crippen molar-refractivity contribution in [1.29, 1.82) is 0 Å². The minimum atomic E-state index is -0.260. The number of aromatic nitrogens is 2. The summed E-state index contributed by atoms with van der Waals surface area (Å²) in [5.74, 6) is 0.533. The Hall–Kier alpha value is -2.70. The number of nitrogens with one attached hydrogen (secondary N) is 1. The smallest absolute Gasteiger partial charge is 0.273 e. The maximum absolute atomic E-state index is 13.0. The summed E-state index contributed by atoms with van der Waals surface area (Å²) in [5, 5.41) is 6.69. The predicted octanol–water partition coefficient (Wildman–Crippen LogP) is 3.04. The van der Waals surface area contributed by atoms with E-state index in [0.29, 0.717) is 30.3 Å². The first-order chi connectivity index (χ1) is 13.0. The Balaban J connectivity index is 1.73. The molecule has 3 rings (SSSR count). The fourth-order valence-corrected chi connectivity index (χ4v) is 3.29. The molecule has 144 valence electrons. The number of rotatable bonds is 7. The van der Waals surface area contributed by atoms with Gasteiger partial charge >= 0.3 is 0 Å². The summed E-state index contributed by atoms with van der Waals surface area (Å²) in [7, 11) is 0.